The van der Waals surface area contributed by atoms with Crippen molar-refractivity contribution in [1.82, 2.24) is 15.0 Å². The van der Waals surface area contributed by atoms with Crippen LogP contribution < -0.4 is 5.32 Å². The maximum Gasteiger partial charge on any atom is 0.230 e. The van der Waals surface area contributed by atoms with Gasteiger partial charge in [-0.05, 0) is 17.7 Å². The Morgan fingerprint density at radius 1 is 1.39 bits per heavy atom. The number of aromatic nitrogens is 3. The molecule has 0 saturated carbocycles. The van der Waals surface area contributed by atoms with Gasteiger partial charge in [0.1, 0.15) is 0 Å². The molecule has 90 valence electrons. The summed E-state index contributed by atoms with van der Waals surface area (Å²) in [4.78, 5) is 23.0. The molecule has 0 aliphatic rings. The number of H-pyrrole nitrogens is 1. The van der Waals surface area contributed by atoms with Gasteiger partial charge in [0.05, 0.1) is 23.8 Å². The first-order chi connectivity index (χ1) is 8.81. The summed E-state index contributed by atoms with van der Waals surface area (Å²) in [6, 6.07) is 5.74. The minimum absolute atomic E-state index is 0.0659. The van der Waals surface area contributed by atoms with Crippen molar-refractivity contribution >= 4 is 33.4 Å². The number of benzene rings is 1. The molecule has 2 aromatic heterocycles. The Balaban J connectivity index is 1.73. The zero-order valence-corrected chi connectivity index (χ0v) is 10.2. The SMILES string of the molecule is O=C(Cc1ccc2nc[nH]c2c1)Nc1nccs1. The second-order valence-electron chi connectivity index (χ2n) is 3.82. The van der Waals surface area contributed by atoms with Crippen LogP contribution in [-0.4, -0.2) is 20.9 Å². The number of nitrogens with zero attached hydrogens (tertiary/aromatic N) is 2. The lowest BCUT2D eigenvalue weighted by Crippen LogP contribution is -2.14. The molecule has 2 heterocycles. The molecule has 1 aromatic carbocycles. The molecule has 2 N–H and O–H groups in total. The number of aromatic amines is 1. The average Bonchev–Trinajstić information content (AvgIpc) is 2.98. The number of hydrogen-bond donors (Lipinski definition) is 2. The van der Waals surface area contributed by atoms with Crippen LogP contribution in [0.25, 0.3) is 11.0 Å². The summed E-state index contributed by atoms with van der Waals surface area (Å²) in [5.41, 5.74) is 2.79. The highest BCUT2D eigenvalue weighted by Crippen LogP contribution is 2.14. The van der Waals surface area contributed by atoms with Crippen LogP contribution in [0.4, 0.5) is 5.13 Å². The number of hydrogen-bond acceptors (Lipinski definition) is 4. The zero-order chi connectivity index (χ0) is 12.4. The van der Waals surface area contributed by atoms with Crippen LogP contribution >= 0.6 is 11.3 Å². The molecule has 0 radical (unpaired) electrons. The van der Waals surface area contributed by atoms with Crippen LogP contribution in [0.3, 0.4) is 0 Å². The van der Waals surface area contributed by atoms with Crippen LogP contribution in [0.5, 0.6) is 0 Å². The van der Waals surface area contributed by atoms with Crippen LogP contribution in [0.2, 0.25) is 0 Å². The molecule has 0 atom stereocenters. The lowest BCUT2D eigenvalue weighted by Gasteiger charge is -2.02. The lowest BCUT2D eigenvalue weighted by molar-refractivity contribution is -0.115. The monoisotopic (exact) mass is 258 g/mol. The van der Waals surface area contributed by atoms with Crippen molar-refractivity contribution in [1.29, 1.82) is 0 Å². The minimum Gasteiger partial charge on any atom is -0.345 e. The normalized spacial score (nSPS) is 10.7. The molecular weight excluding hydrogens is 248 g/mol. The summed E-state index contributed by atoms with van der Waals surface area (Å²) in [5.74, 6) is -0.0659. The maximum absolute atomic E-state index is 11.8. The van der Waals surface area contributed by atoms with Gasteiger partial charge in [-0.3, -0.25) is 4.79 Å². The molecule has 1 amide bonds. The number of carbonyl (C=O) groups excluding carboxylic acids is 1. The summed E-state index contributed by atoms with van der Waals surface area (Å²) in [6.45, 7) is 0. The second-order valence-corrected chi connectivity index (χ2v) is 4.71. The first-order valence-corrected chi connectivity index (χ1v) is 6.30. The largest absolute Gasteiger partial charge is 0.345 e. The standard InChI is InChI=1S/C12H10N4OS/c17-11(16-12-13-3-4-18-12)6-8-1-2-9-10(5-8)15-7-14-9/h1-5,7H,6H2,(H,14,15)(H,13,16,17). The van der Waals surface area contributed by atoms with Gasteiger partial charge in [0.15, 0.2) is 5.13 Å². The minimum atomic E-state index is -0.0659. The first-order valence-electron chi connectivity index (χ1n) is 5.42. The zero-order valence-electron chi connectivity index (χ0n) is 9.38. The Hall–Kier alpha value is -2.21. The van der Waals surface area contributed by atoms with E-state index in [4.69, 9.17) is 0 Å². The van der Waals surface area contributed by atoms with Crippen molar-refractivity contribution in [2.45, 2.75) is 6.42 Å². The Bertz CT molecular complexity index is 674. The summed E-state index contributed by atoms with van der Waals surface area (Å²) >= 11 is 1.41. The van der Waals surface area contributed by atoms with Crippen molar-refractivity contribution in [2.75, 3.05) is 5.32 Å². The number of amides is 1. The molecule has 0 unspecified atom stereocenters. The molecule has 0 bridgehead atoms. The number of carbonyl (C=O) groups is 1. The fraction of sp³-hybridized carbons (Fsp3) is 0.0833. The molecule has 3 rings (SSSR count). The van der Waals surface area contributed by atoms with E-state index in [-0.39, 0.29) is 5.91 Å². The van der Waals surface area contributed by atoms with Crippen molar-refractivity contribution in [3.8, 4) is 0 Å². The second kappa shape index (κ2) is 4.58. The third-order valence-corrected chi connectivity index (χ3v) is 3.22. The Labute approximate surface area is 107 Å². The molecule has 0 spiro atoms. The molecule has 0 saturated heterocycles. The molecule has 18 heavy (non-hydrogen) atoms. The highest BCUT2D eigenvalue weighted by atomic mass is 32.1. The first kappa shape index (κ1) is 10.9. The van der Waals surface area contributed by atoms with Gasteiger partial charge < -0.3 is 10.3 Å². The van der Waals surface area contributed by atoms with Gasteiger partial charge >= 0.3 is 0 Å². The van der Waals surface area contributed by atoms with Crippen LogP contribution in [0.1, 0.15) is 5.56 Å². The van der Waals surface area contributed by atoms with Gasteiger partial charge in [-0.25, -0.2) is 9.97 Å². The molecule has 0 aliphatic heterocycles. The Morgan fingerprint density at radius 3 is 3.17 bits per heavy atom. The van der Waals surface area contributed by atoms with Gasteiger partial charge in [0.25, 0.3) is 0 Å². The summed E-state index contributed by atoms with van der Waals surface area (Å²) in [5, 5.41) is 5.21. The number of nitrogens with one attached hydrogen (secondary N) is 2. The molecular formula is C12H10N4OS. The van der Waals surface area contributed by atoms with E-state index in [1.807, 2.05) is 23.6 Å². The molecule has 5 nitrogen and oxygen atoms in total. The van der Waals surface area contributed by atoms with E-state index in [0.717, 1.165) is 16.6 Å². The summed E-state index contributed by atoms with van der Waals surface area (Å²) in [7, 11) is 0. The molecule has 6 heteroatoms. The van der Waals surface area contributed by atoms with Crippen molar-refractivity contribution in [2.24, 2.45) is 0 Å². The number of fused-ring (bicyclic) bond motifs is 1. The molecule has 0 aliphatic carbocycles. The fourth-order valence-electron chi connectivity index (χ4n) is 1.73. The summed E-state index contributed by atoms with van der Waals surface area (Å²) < 4.78 is 0. The van der Waals surface area contributed by atoms with E-state index >= 15 is 0 Å². The highest BCUT2D eigenvalue weighted by Gasteiger charge is 2.06. The topological polar surface area (TPSA) is 70.7 Å². The Kier molecular flexibility index (Phi) is 2.77. The predicted octanol–water partition coefficient (Wildman–Crippen LogP) is 2.20. The molecule has 3 aromatic rings. The molecule has 0 fully saturated rings. The highest BCUT2D eigenvalue weighted by molar-refractivity contribution is 7.13. The van der Waals surface area contributed by atoms with Gasteiger partial charge in [-0.1, -0.05) is 6.07 Å². The lowest BCUT2D eigenvalue weighted by atomic mass is 10.1. The van der Waals surface area contributed by atoms with E-state index in [9.17, 15) is 4.79 Å². The van der Waals surface area contributed by atoms with Crippen LogP contribution in [0, 0.1) is 0 Å². The fourth-order valence-corrected chi connectivity index (χ4v) is 2.27. The average molecular weight is 258 g/mol. The van der Waals surface area contributed by atoms with Gasteiger partial charge in [-0.15, -0.1) is 11.3 Å². The van der Waals surface area contributed by atoms with Crippen molar-refractivity contribution in [3.63, 3.8) is 0 Å². The number of anilines is 1. The third kappa shape index (κ3) is 2.23. The third-order valence-electron chi connectivity index (χ3n) is 2.53. The van der Waals surface area contributed by atoms with Crippen LogP contribution in [-0.2, 0) is 11.2 Å². The van der Waals surface area contributed by atoms with E-state index in [1.54, 1.807) is 12.5 Å². The predicted molar refractivity (Wildman–Crippen MR) is 70.5 cm³/mol. The quantitative estimate of drug-likeness (QED) is 0.756. The van der Waals surface area contributed by atoms with Gasteiger partial charge in [0.2, 0.25) is 5.91 Å². The Morgan fingerprint density at radius 2 is 2.33 bits per heavy atom. The van der Waals surface area contributed by atoms with Gasteiger partial charge in [-0.2, -0.15) is 0 Å². The summed E-state index contributed by atoms with van der Waals surface area (Å²) in [6.07, 6.45) is 3.63. The number of thiazole rings is 1. The smallest absolute Gasteiger partial charge is 0.230 e. The van der Waals surface area contributed by atoms with Crippen molar-refractivity contribution < 1.29 is 4.79 Å². The maximum atomic E-state index is 11.8. The van der Waals surface area contributed by atoms with E-state index in [2.05, 4.69) is 20.3 Å². The van der Waals surface area contributed by atoms with Crippen LogP contribution in [0.15, 0.2) is 36.1 Å². The van der Waals surface area contributed by atoms with Crippen molar-refractivity contribution in [3.05, 3.63) is 41.7 Å². The number of imidazole rings is 1. The van der Waals surface area contributed by atoms with E-state index in [0.29, 0.717) is 11.6 Å². The number of rotatable bonds is 3. The van der Waals surface area contributed by atoms with E-state index in [1.165, 1.54) is 11.3 Å². The van der Waals surface area contributed by atoms with E-state index < -0.39 is 0 Å². The van der Waals surface area contributed by atoms with Gasteiger partial charge in [0, 0.05) is 11.6 Å².